The number of rotatable bonds is 4. The molecule has 1 fully saturated rings. The smallest absolute Gasteiger partial charge is 0.249 e. The molecule has 21 heavy (non-hydrogen) atoms. The zero-order valence-corrected chi connectivity index (χ0v) is 13.1. The van der Waals surface area contributed by atoms with E-state index in [1.807, 2.05) is 24.3 Å². The van der Waals surface area contributed by atoms with E-state index in [4.69, 9.17) is 10.5 Å². The maximum Gasteiger partial charge on any atom is 0.249 e. The number of halogens is 1. The van der Waals surface area contributed by atoms with E-state index >= 15 is 0 Å². The highest BCUT2D eigenvalue weighted by Crippen LogP contribution is 2.22. The zero-order valence-electron chi connectivity index (χ0n) is 11.5. The summed E-state index contributed by atoms with van der Waals surface area (Å²) in [6, 6.07) is 7.96. The fraction of sp³-hybridized carbons (Fsp3) is 0.429. The van der Waals surface area contributed by atoms with E-state index in [2.05, 4.69) is 10.3 Å². The van der Waals surface area contributed by atoms with E-state index < -0.39 is 0 Å². The Morgan fingerprint density at radius 1 is 1.43 bits per heavy atom. The number of nitrogens with two attached hydrogens (primary N) is 1. The number of hydrogen-bond acceptors (Lipinski definition) is 5. The zero-order chi connectivity index (χ0) is 13.9. The predicted molar refractivity (Wildman–Crippen MR) is 85.7 cm³/mol. The number of carbonyl (C=O) groups is 1. The third kappa shape index (κ3) is 3.71. The molecule has 1 aliphatic rings. The van der Waals surface area contributed by atoms with Gasteiger partial charge in [-0.25, -0.2) is 4.98 Å². The topological polar surface area (TPSA) is 77.2 Å². The van der Waals surface area contributed by atoms with Gasteiger partial charge in [0.25, 0.3) is 0 Å². The van der Waals surface area contributed by atoms with E-state index in [0.29, 0.717) is 13.1 Å². The summed E-state index contributed by atoms with van der Waals surface area (Å²) in [4.78, 5) is 16.5. The summed E-state index contributed by atoms with van der Waals surface area (Å²) in [5.74, 6) is -0.0693. The minimum Gasteiger partial charge on any atom is -0.364 e. The summed E-state index contributed by atoms with van der Waals surface area (Å²) >= 11 is 1.60. The van der Waals surface area contributed by atoms with E-state index in [-0.39, 0.29) is 30.5 Å². The monoisotopic (exact) mass is 327 g/mol. The van der Waals surface area contributed by atoms with Gasteiger partial charge >= 0.3 is 0 Å². The molecule has 1 aliphatic heterocycles. The fourth-order valence-corrected chi connectivity index (χ4v) is 3.25. The summed E-state index contributed by atoms with van der Waals surface area (Å²) in [7, 11) is 0. The van der Waals surface area contributed by atoms with E-state index in [1.54, 1.807) is 11.3 Å². The lowest BCUT2D eigenvalue weighted by atomic mass is 10.2. The van der Waals surface area contributed by atoms with E-state index in [1.165, 1.54) is 0 Å². The number of amides is 1. The number of carbonyl (C=O) groups excluding carboxylic acids is 1. The van der Waals surface area contributed by atoms with Crippen molar-refractivity contribution < 1.29 is 9.53 Å². The average Bonchev–Trinajstić information content (AvgIpc) is 3.10. The van der Waals surface area contributed by atoms with Crippen LogP contribution in [0.2, 0.25) is 0 Å². The summed E-state index contributed by atoms with van der Waals surface area (Å²) in [5, 5.41) is 3.80. The van der Waals surface area contributed by atoms with Crippen molar-refractivity contribution in [2.24, 2.45) is 5.73 Å². The van der Waals surface area contributed by atoms with Gasteiger partial charge in [0, 0.05) is 6.54 Å². The molecule has 5 nitrogen and oxygen atoms in total. The van der Waals surface area contributed by atoms with Gasteiger partial charge in [0.15, 0.2) is 0 Å². The van der Waals surface area contributed by atoms with Crippen LogP contribution >= 0.6 is 23.7 Å². The molecule has 1 aromatic carbocycles. The lowest BCUT2D eigenvalue weighted by molar-refractivity contribution is -0.132. The van der Waals surface area contributed by atoms with E-state index in [9.17, 15) is 4.79 Å². The van der Waals surface area contributed by atoms with Gasteiger partial charge in [0.1, 0.15) is 11.1 Å². The quantitative estimate of drug-likeness (QED) is 0.898. The molecule has 0 unspecified atom stereocenters. The number of hydrogen-bond donors (Lipinski definition) is 2. The Morgan fingerprint density at radius 2 is 2.24 bits per heavy atom. The number of aromatic nitrogens is 1. The predicted octanol–water partition coefficient (Wildman–Crippen LogP) is 1.84. The Balaban J connectivity index is 0.00000161. The maximum absolute atomic E-state index is 12.0. The van der Waals surface area contributed by atoms with Gasteiger partial charge in [-0.05, 0) is 25.0 Å². The van der Waals surface area contributed by atoms with Gasteiger partial charge < -0.3 is 15.8 Å². The van der Waals surface area contributed by atoms with Crippen LogP contribution in [0.15, 0.2) is 24.3 Å². The van der Waals surface area contributed by atoms with E-state index in [0.717, 1.165) is 28.1 Å². The highest BCUT2D eigenvalue weighted by Gasteiger charge is 2.29. The second-order valence-corrected chi connectivity index (χ2v) is 5.97. The van der Waals surface area contributed by atoms with Crippen LogP contribution < -0.4 is 11.1 Å². The largest absolute Gasteiger partial charge is 0.364 e. The van der Waals surface area contributed by atoms with Crippen molar-refractivity contribution in [1.29, 1.82) is 0 Å². The van der Waals surface area contributed by atoms with Crippen molar-refractivity contribution in [3.8, 4) is 0 Å². The van der Waals surface area contributed by atoms with Crippen molar-refractivity contribution in [2.45, 2.75) is 31.6 Å². The molecule has 7 heteroatoms. The lowest BCUT2D eigenvalue weighted by Gasteiger charge is -2.11. The number of nitrogens with one attached hydrogen (secondary N) is 1. The first-order valence-electron chi connectivity index (χ1n) is 6.74. The van der Waals surface area contributed by atoms with Crippen molar-refractivity contribution in [1.82, 2.24) is 10.3 Å². The first kappa shape index (κ1) is 16.2. The Labute approximate surface area is 133 Å². The molecule has 2 heterocycles. The second kappa shape index (κ2) is 7.17. The van der Waals surface area contributed by atoms with Crippen LogP contribution in [-0.4, -0.2) is 29.6 Å². The van der Waals surface area contributed by atoms with Crippen LogP contribution in [-0.2, 0) is 16.1 Å². The first-order valence-corrected chi connectivity index (χ1v) is 7.55. The average molecular weight is 328 g/mol. The van der Waals surface area contributed by atoms with Crippen LogP contribution in [0.1, 0.15) is 17.8 Å². The molecule has 0 aliphatic carbocycles. The molecule has 2 atom stereocenters. The third-order valence-corrected chi connectivity index (χ3v) is 4.45. The Hall–Kier alpha value is -1.21. The molecule has 0 bridgehead atoms. The van der Waals surface area contributed by atoms with Crippen LogP contribution in [0.5, 0.6) is 0 Å². The standard InChI is InChI=1S/C14H17N3O2S.ClH/c15-7-9-5-6-11(19-9)14(18)16-8-13-17-10-3-1-2-4-12(10)20-13;/h1-4,9,11H,5-8,15H2,(H,16,18);1H/t9-,11+;/m1./s1. The van der Waals surface area contributed by atoms with Crippen molar-refractivity contribution in [3.63, 3.8) is 0 Å². The van der Waals surface area contributed by atoms with Gasteiger partial charge in [0.2, 0.25) is 5.91 Å². The van der Waals surface area contributed by atoms with Gasteiger partial charge in [0.05, 0.1) is 22.9 Å². The van der Waals surface area contributed by atoms with Crippen molar-refractivity contribution in [3.05, 3.63) is 29.3 Å². The third-order valence-electron chi connectivity index (χ3n) is 3.41. The normalized spacial score (nSPS) is 21.2. The van der Waals surface area contributed by atoms with Crippen LogP contribution in [0, 0.1) is 0 Å². The number of thiazole rings is 1. The highest BCUT2D eigenvalue weighted by atomic mass is 35.5. The fourth-order valence-electron chi connectivity index (χ4n) is 2.34. The maximum atomic E-state index is 12.0. The minimum atomic E-state index is -0.363. The van der Waals surface area contributed by atoms with Crippen LogP contribution in [0.4, 0.5) is 0 Å². The summed E-state index contributed by atoms with van der Waals surface area (Å²) in [5.41, 5.74) is 6.51. The summed E-state index contributed by atoms with van der Waals surface area (Å²) in [6.07, 6.45) is 1.26. The number of benzene rings is 1. The molecule has 1 saturated heterocycles. The SMILES string of the molecule is Cl.NC[C@H]1CC[C@@H](C(=O)NCc2nc3ccccc3s2)O1. The number of fused-ring (bicyclic) bond motifs is 1. The Morgan fingerprint density at radius 3 is 2.95 bits per heavy atom. The van der Waals surface area contributed by atoms with Gasteiger partial charge in [-0.1, -0.05) is 12.1 Å². The van der Waals surface area contributed by atoms with Gasteiger partial charge in [-0.2, -0.15) is 0 Å². The minimum absolute atomic E-state index is 0. The Kier molecular flexibility index (Phi) is 5.52. The molecule has 3 rings (SSSR count). The molecule has 1 amide bonds. The number of ether oxygens (including phenoxy) is 1. The van der Waals surface area contributed by atoms with Crippen molar-refractivity contribution in [2.75, 3.05) is 6.54 Å². The molecule has 0 spiro atoms. The summed E-state index contributed by atoms with van der Waals surface area (Å²) in [6.45, 7) is 0.924. The molecular weight excluding hydrogens is 310 g/mol. The first-order chi connectivity index (χ1) is 9.76. The van der Waals surface area contributed by atoms with Gasteiger partial charge in [-0.3, -0.25) is 4.79 Å². The molecule has 3 N–H and O–H groups in total. The number of para-hydroxylation sites is 1. The molecular formula is C14H18ClN3O2S. The van der Waals surface area contributed by atoms with Gasteiger partial charge in [-0.15, -0.1) is 23.7 Å². The molecule has 0 saturated carbocycles. The Bertz CT molecular complexity index is 586. The second-order valence-electron chi connectivity index (χ2n) is 4.85. The molecule has 1 aromatic heterocycles. The highest BCUT2D eigenvalue weighted by molar-refractivity contribution is 7.18. The molecule has 2 aromatic rings. The summed E-state index contributed by atoms with van der Waals surface area (Å²) < 4.78 is 6.70. The van der Waals surface area contributed by atoms with Crippen LogP contribution in [0.3, 0.4) is 0 Å². The van der Waals surface area contributed by atoms with Crippen molar-refractivity contribution >= 4 is 39.9 Å². The van der Waals surface area contributed by atoms with Crippen LogP contribution in [0.25, 0.3) is 10.2 Å². The lowest BCUT2D eigenvalue weighted by Crippen LogP contribution is -2.35. The molecule has 0 radical (unpaired) electrons. The molecule has 114 valence electrons. The number of nitrogens with zero attached hydrogens (tertiary/aromatic N) is 1.